The van der Waals surface area contributed by atoms with E-state index in [2.05, 4.69) is 42.5 Å². The number of carbonyl (C=O) groups is 1. The molecule has 2 aliphatic rings. The summed E-state index contributed by atoms with van der Waals surface area (Å²) in [6.45, 7) is 0.560. The van der Waals surface area contributed by atoms with Crippen molar-refractivity contribution < 1.29 is 9.53 Å². The van der Waals surface area contributed by atoms with Crippen LogP contribution in [0.3, 0.4) is 0 Å². The molecule has 1 unspecified atom stereocenters. The van der Waals surface area contributed by atoms with Crippen LogP contribution in [-0.2, 0) is 9.53 Å². The Morgan fingerprint density at radius 3 is 2.23 bits per heavy atom. The van der Waals surface area contributed by atoms with E-state index in [1.165, 1.54) is 12.0 Å². The molecule has 0 bridgehead atoms. The minimum atomic E-state index is -0.124. The van der Waals surface area contributed by atoms with E-state index in [0.717, 1.165) is 18.4 Å². The number of esters is 1. The molecule has 0 N–H and O–H groups in total. The molecule has 2 aromatic rings. The van der Waals surface area contributed by atoms with Crippen LogP contribution in [0, 0.1) is 5.41 Å². The van der Waals surface area contributed by atoms with E-state index in [-0.39, 0.29) is 17.3 Å². The standard InChI is InChI=1S/C20H20O2/c21-19-18(16-10-5-2-6-11-16)20(14-22-19)13-7-12-17(20)15-8-3-1-4-9-15/h1-6,8-11,17-18H,7,12-14H2/t17-,18?,20-/m0/s1. The highest BCUT2D eigenvalue weighted by Gasteiger charge is 2.57. The van der Waals surface area contributed by atoms with Crippen molar-refractivity contribution in [1.82, 2.24) is 0 Å². The number of cyclic esters (lactones) is 1. The van der Waals surface area contributed by atoms with Crippen molar-refractivity contribution in [1.29, 1.82) is 0 Å². The van der Waals surface area contributed by atoms with Gasteiger partial charge in [-0.15, -0.1) is 0 Å². The molecule has 0 radical (unpaired) electrons. The van der Waals surface area contributed by atoms with Crippen LogP contribution in [0.4, 0.5) is 0 Å². The van der Waals surface area contributed by atoms with Gasteiger partial charge in [-0.2, -0.15) is 0 Å². The average Bonchev–Trinajstić information content (AvgIpc) is 3.14. The van der Waals surface area contributed by atoms with Gasteiger partial charge in [0.2, 0.25) is 0 Å². The maximum atomic E-state index is 12.5. The van der Waals surface area contributed by atoms with Gasteiger partial charge in [-0.1, -0.05) is 67.1 Å². The van der Waals surface area contributed by atoms with Gasteiger partial charge in [0.15, 0.2) is 0 Å². The van der Waals surface area contributed by atoms with Crippen LogP contribution in [0.25, 0.3) is 0 Å². The van der Waals surface area contributed by atoms with Crippen molar-refractivity contribution in [2.45, 2.75) is 31.1 Å². The van der Waals surface area contributed by atoms with E-state index in [0.29, 0.717) is 12.5 Å². The van der Waals surface area contributed by atoms with E-state index in [1.54, 1.807) is 0 Å². The second-order valence-electron chi connectivity index (χ2n) is 6.54. The normalized spacial score (nSPS) is 30.6. The summed E-state index contributed by atoms with van der Waals surface area (Å²) in [6.07, 6.45) is 3.38. The van der Waals surface area contributed by atoms with Gasteiger partial charge in [0, 0.05) is 5.41 Å². The van der Waals surface area contributed by atoms with Crippen LogP contribution in [0.2, 0.25) is 0 Å². The molecule has 0 aromatic heterocycles. The third-order valence-electron chi connectivity index (χ3n) is 5.46. The van der Waals surface area contributed by atoms with E-state index in [9.17, 15) is 4.79 Å². The molecule has 1 spiro atoms. The first kappa shape index (κ1) is 13.6. The second kappa shape index (κ2) is 5.28. The summed E-state index contributed by atoms with van der Waals surface area (Å²) in [7, 11) is 0. The molecule has 1 aliphatic carbocycles. The molecular weight excluding hydrogens is 272 g/mol. The number of hydrogen-bond donors (Lipinski definition) is 0. The SMILES string of the molecule is O=C1OC[C@]2(CCC[C@H]2c2ccccc2)C1c1ccccc1. The molecule has 3 atom stereocenters. The number of benzene rings is 2. The molecule has 1 aliphatic heterocycles. The highest BCUT2D eigenvalue weighted by atomic mass is 16.5. The lowest BCUT2D eigenvalue weighted by Crippen LogP contribution is -2.32. The Morgan fingerprint density at radius 2 is 1.55 bits per heavy atom. The third kappa shape index (κ3) is 1.98. The predicted molar refractivity (Wildman–Crippen MR) is 85.6 cm³/mol. The molecule has 1 saturated carbocycles. The van der Waals surface area contributed by atoms with Crippen LogP contribution in [0.5, 0.6) is 0 Å². The van der Waals surface area contributed by atoms with Gasteiger partial charge in [-0.25, -0.2) is 0 Å². The number of carbonyl (C=O) groups excluding carboxylic acids is 1. The first-order chi connectivity index (χ1) is 10.8. The van der Waals surface area contributed by atoms with Gasteiger partial charge >= 0.3 is 5.97 Å². The fourth-order valence-corrected chi connectivity index (χ4v) is 4.52. The van der Waals surface area contributed by atoms with Gasteiger partial charge < -0.3 is 4.74 Å². The fraction of sp³-hybridized carbons (Fsp3) is 0.350. The molecule has 2 nitrogen and oxygen atoms in total. The monoisotopic (exact) mass is 292 g/mol. The zero-order valence-electron chi connectivity index (χ0n) is 12.6. The van der Waals surface area contributed by atoms with Crippen LogP contribution < -0.4 is 0 Å². The first-order valence-electron chi connectivity index (χ1n) is 8.08. The zero-order valence-corrected chi connectivity index (χ0v) is 12.6. The van der Waals surface area contributed by atoms with Crippen LogP contribution >= 0.6 is 0 Å². The summed E-state index contributed by atoms with van der Waals surface area (Å²) in [4.78, 5) is 12.5. The molecule has 4 rings (SSSR count). The number of hydrogen-bond acceptors (Lipinski definition) is 2. The summed E-state index contributed by atoms with van der Waals surface area (Å²) >= 11 is 0. The van der Waals surface area contributed by atoms with Crippen molar-refractivity contribution >= 4 is 5.97 Å². The Morgan fingerprint density at radius 1 is 0.909 bits per heavy atom. The third-order valence-corrected chi connectivity index (χ3v) is 5.46. The zero-order chi connectivity index (χ0) is 15.0. The van der Waals surface area contributed by atoms with Crippen molar-refractivity contribution in [2.24, 2.45) is 5.41 Å². The van der Waals surface area contributed by atoms with Crippen LogP contribution in [0.15, 0.2) is 60.7 Å². The van der Waals surface area contributed by atoms with E-state index in [1.807, 2.05) is 18.2 Å². The summed E-state index contributed by atoms with van der Waals surface area (Å²) in [5.41, 5.74) is 2.38. The molecule has 2 aromatic carbocycles. The molecule has 1 heterocycles. The van der Waals surface area contributed by atoms with Crippen molar-refractivity contribution in [3.05, 3.63) is 71.8 Å². The van der Waals surface area contributed by atoms with E-state index < -0.39 is 0 Å². The maximum Gasteiger partial charge on any atom is 0.314 e. The Labute approximate surface area is 131 Å². The predicted octanol–water partition coefficient (Wildman–Crippen LogP) is 4.28. The molecule has 2 fully saturated rings. The summed E-state index contributed by atoms with van der Waals surface area (Å²) < 4.78 is 5.57. The van der Waals surface area contributed by atoms with E-state index >= 15 is 0 Å². The molecule has 112 valence electrons. The van der Waals surface area contributed by atoms with E-state index in [4.69, 9.17) is 4.74 Å². The molecule has 22 heavy (non-hydrogen) atoms. The Balaban J connectivity index is 1.79. The highest BCUT2D eigenvalue weighted by molar-refractivity contribution is 5.82. The van der Waals surface area contributed by atoms with Gasteiger partial charge in [0.25, 0.3) is 0 Å². The minimum Gasteiger partial charge on any atom is -0.465 e. The smallest absolute Gasteiger partial charge is 0.314 e. The van der Waals surface area contributed by atoms with Crippen LogP contribution in [-0.4, -0.2) is 12.6 Å². The van der Waals surface area contributed by atoms with Crippen LogP contribution in [0.1, 0.15) is 42.2 Å². The summed E-state index contributed by atoms with van der Waals surface area (Å²) in [6, 6.07) is 20.8. The largest absolute Gasteiger partial charge is 0.465 e. The van der Waals surface area contributed by atoms with Gasteiger partial charge in [0.1, 0.15) is 0 Å². The maximum absolute atomic E-state index is 12.5. The molecule has 2 heteroatoms. The van der Waals surface area contributed by atoms with Crippen molar-refractivity contribution in [3.63, 3.8) is 0 Å². The Bertz CT molecular complexity index is 665. The fourth-order valence-electron chi connectivity index (χ4n) is 4.52. The average molecular weight is 292 g/mol. The van der Waals surface area contributed by atoms with Crippen molar-refractivity contribution in [3.8, 4) is 0 Å². The lowest BCUT2D eigenvalue weighted by Gasteiger charge is -2.34. The van der Waals surface area contributed by atoms with Crippen molar-refractivity contribution in [2.75, 3.05) is 6.61 Å². The number of rotatable bonds is 2. The lowest BCUT2D eigenvalue weighted by atomic mass is 9.65. The first-order valence-corrected chi connectivity index (χ1v) is 8.08. The molecule has 1 saturated heterocycles. The summed E-state index contributed by atoms with van der Waals surface area (Å²) in [5.74, 6) is 0.237. The lowest BCUT2D eigenvalue weighted by molar-refractivity contribution is -0.139. The highest BCUT2D eigenvalue weighted by Crippen LogP contribution is 2.60. The molecule has 0 amide bonds. The Hall–Kier alpha value is -2.09. The van der Waals surface area contributed by atoms with Gasteiger partial charge in [-0.05, 0) is 29.9 Å². The Kier molecular flexibility index (Phi) is 3.25. The molecular formula is C20H20O2. The quantitative estimate of drug-likeness (QED) is 0.772. The van der Waals surface area contributed by atoms with Gasteiger partial charge in [-0.3, -0.25) is 4.79 Å². The van der Waals surface area contributed by atoms with Gasteiger partial charge in [0.05, 0.1) is 12.5 Å². The second-order valence-corrected chi connectivity index (χ2v) is 6.54. The minimum absolute atomic E-state index is 0.0472. The summed E-state index contributed by atoms with van der Waals surface area (Å²) in [5, 5.41) is 0. The topological polar surface area (TPSA) is 26.3 Å². The number of ether oxygens (including phenoxy) is 1.